The van der Waals surface area contributed by atoms with Gasteiger partial charge in [0.05, 0.1) is 12.7 Å². The van der Waals surface area contributed by atoms with Crippen molar-refractivity contribution < 1.29 is 9.53 Å². The maximum absolute atomic E-state index is 12.8. The van der Waals surface area contributed by atoms with Crippen molar-refractivity contribution >= 4 is 11.4 Å². The van der Waals surface area contributed by atoms with E-state index in [-0.39, 0.29) is 5.78 Å². The molecule has 3 rings (SSSR count). The van der Waals surface area contributed by atoms with Crippen molar-refractivity contribution in [2.45, 2.75) is 40.0 Å². The molecule has 0 amide bonds. The van der Waals surface area contributed by atoms with E-state index in [1.54, 1.807) is 7.11 Å². The van der Waals surface area contributed by atoms with E-state index >= 15 is 0 Å². The van der Waals surface area contributed by atoms with Crippen molar-refractivity contribution in [3.63, 3.8) is 0 Å². The van der Waals surface area contributed by atoms with Gasteiger partial charge in [-0.2, -0.15) is 0 Å². The van der Waals surface area contributed by atoms with Crippen LogP contribution in [0.25, 0.3) is 5.57 Å². The maximum atomic E-state index is 12.8. The van der Waals surface area contributed by atoms with Crippen LogP contribution in [0.5, 0.6) is 0 Å². The van der Waals surface area contributed by atoms with Gasteiger partial charge >= 0.3 is 0 Å². The van der Waals surface area contributed by atoms with Crippen molar-refractivity contribution in [2.75, 3.05) is 7.11 Å². The minimum absolute atomic E-state index is 0.161. The van der Waals surface area contributed by atoms with Gasteiger partial charge in [-0.3, -0.25) is 4.79 Å². The number of methoxy groups -OCH3 is 1. The molecule has 0 saturated heterocycles. The number of benzene rings is 1. The fourth-order valence-corrected chi connectivity index (χ4v) is 3.31. The minimum Gasteiger partial charge on any atom is -0.500 e. The molecule has 0 aromatic heterocycles. The number of hydrogen-bond acceptors (Lipinski definition) is 2. The lowest BCUT2D eigenvalue weighted by molar-refractivity contribution is -0.110. The second-order valence-electron chi connectivity index (χ2n) is 6.31. The molecule has 1 aromatic rings. The predicted octanol–water partition coefficient (Wildman–Crippen LogP) is 4.28. The highest BCUT2D eigenvalue weighted by atomic mass is 16.5. The SMILES string of the molecule is COC1=C(c2c(C)cc(C)cc2C)C(=O)C(=CC2CC2)C1. The Morgan fingerprint density at radius 2 is 1.76 bits per heavy atom. The third-order valence-electron chi connectivity index (χ3n) is 4.38. The Hall–Kier alpha value is -1.83. The van der Waals surface area contributed by atoms with Crippen molar-refractivity contribution in [1.29, 1.82) is 0 Å². The second-order valence-corrected chi connectivity index (χ2v) is 6.31. The van der Waals surface area contributed by atoms with Crippen LogP contribution in [-0.2, 0) is 9.53 Å². The molecule has 1 aromatic carbocycles. The molecule has 0 spiro atoms. The van der Waals surface area contributed by atoms with Crippen LogP contribution in [-0.4, -0.2) is 12.9 Å². The fraction of sp³-hybridized carbons (Fsp3) is 0.421. The van der Waals surface area contributed by atoms with Gasteiger partial charge in [0, 0.05) is 12.0 Å². The standard InChI is InChI=1S/C19H22O2/c1-11-7-12(2)17(13(3)8-11)18-16(21-4)10-15(19(18)20)9-14-5-6-14/h7-9,14H,5-6,10H2,1-4H3. The molecular formula is C19H22O2. The number of hydrogen-bond donors (Lipinski definition) is 0. The zero-order chi connectivity index (χ0) is 15.1. The molecule has 0 aliphatic heterocycles. The van der Waals surface area contributed by atoms with Gasteiger partial charge in [-0.15, -0.1) is 0 Å². The summed E-state index contributed by atoms with van der Waals surface area (Å²) in [6.45, 7) is 6.24. The summed E-state index contributed by atoms with van der Waals surface area (Å²) in [5, 5.41) is 0. The fourth-order valence-electron chi connectivity index (χ4n) is 3.31. The molecule has 21 heavy (non-hydrogen) atoms. The van der Waals surface area contributed by atoms with E-state index in [0.717, 1.165) is 33.6 Å². The summed E-state index contributed by atoms with van der Waals surface area (Å²) in [7, 11) is 1.67. The van der Waals surface area contributed by atoms with Crippen LogP contribution in [0.3, 0.4) is 0 Å². The molecule has 0 heterocycles. The lowest BCUT2D eigenvalue weighted by Crippen LogP contribution is -2.04. The largest absolute Gasteiger partial charge is 0.500 e. The van der Waals surface area contributed by atoms with E-state index < -0.39 is 0 Å². The van der Waals surface area contributed by atoms with E-state index in [1.807, 2.05) is 0 Å². The van der Waals surface area contributed by atoms with E-state index in [1.165, 1.54) is 18.4 Å². The Morgan fingerprint density at radius 1 is 1.14 bits per heavy atom. The highest BCUT2D eigenvalue weighted by Crippen LogP contribution is 2.41. The summed E-state index contributed by atoms with van der Waals surface area (Å²) in [6.07, 6.45) is 5.25. The van der Waals surface area contributed by atoms with Crippen LogP contribution in [0.2, 0.25) is 0 Å². The molecule has 2 heteroatoms. The van der Waals surface area contributed by atoms with Crippen LogP contribution in [0.1, 0.15) is 41.5 Å². The normalized spacial score (nSPS) is 20.6. The van der Waals surface area contributed by atoms with Crippen LogP contribution >= 0.6 is 0 Å². The minimum atomic E-state index is 0.161. The zero-order valence-corrected chi connectivity index (χ0v) is 13.2. The lowest BCUT2D eigenvalue weighted by atomic mass is 9.92. The number of carbonyl (C=O) groups excluding carboxylic acids is 1. The molecule has 0 atom stereocenters. The molecule has 0 bridgehead atoms. The summed E-state index contributed by atoms with van der Waals surface area (Å²) < 4.78 is 5.54. The van der Waals surface area contributed by atoms with Crippen molar-refractivity contribution in [1.82, 2.24) is 0 Å². The smallest absolute Gasteiger partial charge is 0.193 e. The van der Waals surface area contributed by atoms with E-state index in [9.17, 15) is 4.79 Å². The number of Topliss-reactive ketones (excluding diaryl/α,β-unsaturated/α-hetero) is 1. The number of rotatable bonds is 3. The Morgan fingerprint density at radius 3 is 2.29 bits per heavy atom. The van der Waals surface area contributed by atoms with E-state index in [0.29, 0.717) is 12.3 Å². The molecular weight excluding hydrogens is 260 g/mol. The number of carbonyl (C=O) groups is 1. The summed E-state index contributed by atoms with van der Waals surface area (Å²) in [6, 6.07) is 4.27. The van der Waals surface area contributed by atoms with Crippen LogP contribution < -0.4 is 0 Å². The highest BCUT2D eigenvalue weighted by molar-refractivity contribution is 6.32. The van der Waals surface area contributed by atoms with Gasteiger partial charge in [0.2, 0.25) is 0 Å². The molecule has 1 fully saturated rings. The molecule has 0 radical (unpaired) electrons. The van der Waals surface area contributed by atoms with Gasteiger partial charge in [-0.25, -0.2) is 0 Å². The first kappa shape index (κ1) is 14.1. The summed E-state index contributed by atoms with van der Waals surface area (Å²) in [4.78, 5) is 12.8. The molecule has 2 aliphatic carbocycles. The van der Waals surface area contributed by atoms with Crippen LogP contribution in [0.4, 0.5) is 0 Å². The third-order valence-corrected chi connectivity index (χ3v) is 4.38. The Bertz CT molecular complexity index is 650. The topological polar surface area (TPSA) is 26.3 Å². The van der Waals surface area contributed by atoms with E-state index in [4.69, 9.17) is 4.74 Å². The monoisotopic (exact) mass is 282 g/mol. The number of aryl methyl sites for hydroxylation is 3. The van der Waals surface area contributed by atoms with Crippen molar-refractivity contribution in [3.8, 4) is 0 Å². The van der Waals surface area contributed by atoms with Crippen molar-refractivity contribution in [3.05, 3.63) is 51.8 Å². The quantitative estimate of drug-likeness (QED) is 0.773. The van der Waals surface area contributed by atoms with Gasteiger partial charge in [-0.1, -0.05) is 23.8 Å². The zero-order valence-electron chi connectivity index (χ0n) is 13.2. The first-order valence-corrected chi connectivity index (χ1v) is 7.62. The average Bonchev–Trinajstić information content (AvgIpc) is 3.17. The number of allylic oxidation sites excluding steroid dienone is 3. The van der Waals surface area contributed by atoms with E-state index in [2.05, 4.69) is 39.0 Å². The Balaban J connectivity index is 2.09. The summed E-state index contributed by atoms with van der Waals surface area (Å²) >= 11 is 0. The first-order chi connectivity index (χ1) is 10.0. The lowest BCUT2D eigenvalue weighted by Gasteiger charge is -2.13. The summed E-state index contributed by atoms with van der Waals surface area (Å²) in [5.41, 5.74) is 6.29. The second kappa shape index (κ2) is 5.18. The summed E-state index contributed by atoms with van der Waals surface area (Å²) in [5.74, 6) is 1.59. The third kappa shape index (κ3) is 2.55. The van der Waals surface area contributed by atoms with Gasteiger partial charge in [0.1, 0.15) is 5.76 Å². The van der Waals surface area contributed by atoms with Gasteiger partial charge in [0.25, 0.3) is 0 Å². The first-order valence-electron chi connectivity index (χ1n) is 7.62. The van der Waals surface area contributed by atoms with Gasteiger partial charge in [0.15, 0.2) is 5.78 Å². The van der Waals surface area contributed by atoms with Gasteiger partial charge in [-0.05, 0) is 56.2 Å². The highest BCUT2D eigenvalue weighted by Gasteiger charge is 2.33. The Kier molecular flexibility index (Phi) is 3.48. The van der Waals surface area contributed by atoms with Gasteiger partial charge < -0.3 is 4.74 Å². The Labute approximate surface area is 126 Å². The maximum Gasteiger partial charge on any atom is 0.193 e. The molecule has 0 N–H and O–H groups in total. The van der Waals surface area contributed by atoms with Crippen LogP contribution in [0.15, 0.2) is 29.5 Å². The number of ether oxygens (including phenoxy) is 1. The predicted molar refractivity (Wildman–Crippen MR) is 85.0 cm³/mol. The average molecular weight is 282 g/mol. The van der Waals surface area contributed by atoms with Crippen molar-refractivity contribution in [2.24, 2.45) is 5.92 Å². The molecule has 1 saturated carbocycles. The van der Waals surface area contributed by atoms with Crippen LogP contribution in [0, 0.1) is 26.7 Å². The molecule has 2 nitrogen and oxygen atoms in total. The number of ketones is 1. The molecule has 110 valence electrons. The molecule has 2 aliphatic rings. The molecule has 0 unspecified atom stereocenters.